The first-order valence-electron chi connectivity index (χ1n) is 14.9. The van der Waals surface area contributed by atoms with Gasteiger partial charge in [0.25, 0.3) is 5.69 Å². The summed E-state index contributed by atoms with van der Waals surface area (Å²) in [5.41, 5.74) is 5.14. The number of benzene rings is 2. The Morgan fingerprint density at radius 3 is 2.11 bits per heavy atom. The molecule has 0 fully saturated rings. The monoisotopic (exact) mass is 658 g/mol. The lowest BCUT2D eigenvalue weighted by Gasteiger charge is -2.27. The molecule has 0 aliphatic rings. The SMILES string of the molecule is CC(C)[C@H](NC(=O)OC(C)(C)C)C(=O)N[C@@H](CCCCNC(N)=O)C(=O)Nc1ccc(COC(=O)Oc2ccc([N+](=O)[O-])cc2)cc1. The smallest absolute Gasteiger partial charge is 0.444 e. The van der Waals surface area contributed by atoms with E-state index in [9.17, 15) is 34.1 Å². The van der Waals surface area contributed by atoms with E-state index in [2.05, 4.69) is 21.3 Å². The second kappa shape index (κ2) is 17.9. The zero-order valence-corrected chi connectivity index (χ0v) is 27.0. The van der Waals surface area contributed by atoms with Crippen molar-refractivity contribution in [1.82, 2.24) is 16.0 Å². The van der Waals surface area contributed by atoms with Gasteiger partial charge in [0.05, 0.1) is 4.92 Å². The van der Waals surface area contributed by atoms with Gasteiger partial charge in [0, 0.05) is 24.4 Å². The highest BCUT2D eigenvalue weighted by molar-refractivity contribution is 5.98. The largest absolute Gasteiger partial charge is 0.514 e. The Labute approximate surface area is 272 Å². The number of anilines is 1. The number of nitrogens with zero attached hydrogens (tertiary/aromatic N) is 1. The van der Waals surface area contributed by atoms with Crippen LogP contribution in [0.4, 0.5) is 25.8 Å². The standard InChI is InChI=1S/C31H42N6O10/c1-19(2)25(36-29(41)47-31(3,4)5)27(39)35-24(8-6-7-17-33-28(32)40)26(38)34-21-11-9-20(10-12-21)18-45-30(42)46-23-15-13-22(14-16-23)37(43)44/h9-16,19,24-25H,6-8,17-18H2,1-5H3,(H,34,38)(H,35,39)(H,36,41)(H3,32,33,40)/t24-,25-/m0/s1. The first-order valence-corrected chi connectivity index (χ1v) is 14.9. The predicted octanol–water partition coefficient (Wildman–Crippen LogP) is 4.12. The molecule has 47 heavy (non-hydrogen) atoms. The highest BCUT2D eigenvalue weighted by atomic mass is 16.7. The van der Waals surface area contributed by atoms with E-state index in [1.807, 2.05) is 0 Å². The van der Waals surface area contributed by atoms with Gasteiger partial charge in [-0.1, -0.05) is 26.0 Å². The summed E-state index contributed by atoms with van der Waals surface area (Å²) in [7, 11) is 0. The molecular formula is C31H42N6O10. The zero-order valence-electron chi connectivity index (χ0n) is 27.0. The van der Waals surface area contributed by atoms with Crippen LogP contribution in [0, 0.1) is 16.0 Å². The van der Waals surface area contributed by atoms with Crippen molar-refractivity contribution in [2.24, 2.45) is 11.7 Å². The average molecular weight is 659 g/mol. The molecule has 2 aromatic carbocycles. The number of hydrogen-bond donors (Lipinski definition) is 5. The van der Waals surface area contributed by atoms with Crippen molar-refractivity contribution < 1.29 is 43.1 Å². The molecule has 0 unspecified atom stereocenters. The molecule has 2 atom stereocenters. The molecule has 0 saturated heterocycles. The van der Waals surface area contributed by atoms with Crippen LogP contribution in [-0.2, 0) is 25.7 Å². The van der Waals surface area contributed by atoms with Crippen LogP contribution in [-0.4, -0.2) is 59.2 Å². The molecule has 0 spiro atoms. The number of ether oxygens (including phenoxy) is 3. The second-order valence-corrected chi connectivity index (χ2v) is 11.8. The quantitative estimate of drug-likeness (QED) is 0.0604. The minimum atomic E-state index is -1.01. The molecule has 2 aromatic rings. The van der Waals surface area contributed by atoms with Gasteiger partial charge < -0.3 is 41.2 Å². The number of carbonyl (C=O) groups is 5. The average Bonchev–Trinajstić information content (AvgIpc) is 2.97. The molecule has 2 rings (SSSR count). The fourth-order valence-electron chi connectivity index (χ4n) is 4.00. The van der Waals surface area contributed by atoms with Gasteiger partial charge in [-0.2, -0.15) is 0 Å². The van der Waals surface area contributed by atoms with Crippen molar-refractivity contribution in [1.29, 1.82) is 0 Å². The Kier molecular flexibility index (Phi) is 14.4. The van der Waals surface area contributed by atoms with Gasteiger partial charge in [-0.3, -0.25) is 19.7 Å². The maximum Gasteiger partial charge on any atom is 0.514 e. The summed E-state index contributed by atoms with van der Waals surface area (Å²) in [4.78, 5) is 72.1. The fraction of sp³-hybridized carbons (Fsp3) is 0.452. The predicted molar refractivity (Wildman–Crippen MR) is 170 cm³/mol. The number of nitro groups is 1. The Bertz CT molecular complexity index is 1390. The van der Waals surface area contributed by atoms with Gasteiger partial charge in [-0.15, -0.1) is 0 Å². The maximum atomic E-state index is 13.3. The van der Waals surface area contributed by atoms with E-state index >= 15 is 0 Å². The zero-order chi connectivity index (χ0) is 35.1. The number of carbonyl (C=O) groups excluding carboxylic acids is 5. The van der Waals surface area contributed by atoms with E-state index < -0.39 is 52.7 Å². The number of primary amides is 1. The molecule has 256 valence electrons. The van der Waals surface area contributed by atoms with Crippen LogP contribution in [0.15, 0.2) is 48.5 Å². The van der Waals surface area contributed by atoms with Gasteiger partial charge in [0.1, 0.15) is 30.0 Å². The lowest BCUT2D eigenvalue weighted by molar-refractivity contribution is -0.384. The van der Waals surface area contributed by atoms with Crippen molar-refractivity contribution >= 4 is 41.5 Å². The number of non-ortho nitro benzene ring substituents is 1. The van der Waals surface area contributed by atoms with E-state index in [-0.39, 0.29) is 36.9 Å². The van der Waals surface area contributed by atoms with Crippen LogP contribution in [0.2, 0.25) is 0 Å². The van der Waals surface area contributed by atoms with Crippen LogP contribution in [0.3, 0.4) is 0 Å². The van der Waals surface area contributed by atoms with E-state index in [1.54, 1.807) is 58.9 Å². The van der Waals surface area contributed by atoms with Crippen LogP contribution >= 0.6 is 0 Å². The lowest BCUT2D eigenvalue weighted by Crippen LogP contribution is -2.55. The molecule has 0 bridgehead atoms. The van der Waals surface area contributed by atoms with Crippen LogP contribution in [0.5, 0.6) is 5.75 Å². The number of nitrogens with two attached hydrogens (primary N) is 1. The number of nitrogens with one attached hydrogen (secondary N) is 4. The minimum absolute atomic E-state index is 0.0739. The van der Waals surface area contributed by atoms with Crippen molar-refractivity contribution in [3.63, 3.8) is 0 Å². The fourth-order valence-corrected chi connectivity index (χ4v) is 4.00. The third kappa shape index (κ3) is 14.5. The molecule has 0 aliphatic heterocycles. The Morgan fingerprint density at radius 2 is 1.55 bits per heavy atom. The Hall–Kier alpha value is -5.41. The molecule has 16 nitrogen and oxygen atoms in total. The molecule has 0 aromatic heterocycles. The number of alkyl carbamates (subject to hydrolysis) is 1. The Balaban J connectivity index is 2.02. The molecule has 0 radical (unpaired) electrons. The van der Waals surface area contributed by atoms with E-state index in [4.69, 9.17) is 19.9 Å². The highest BCUT2D eigenvalue weighted by Crippen LogP contribution is 2.18. The summed E-state index contributed by atoms with van der Waals surface area (Å²) < 4.78 is 15.4. The summed E-state index contributed by atoms with van der Waals surface area (Å²) in [5, 5.41) is 21.3. The van der Waals surface area contributed by atoms with Crippen LogP contribution in [0.1, 0.15) is 59.4 Å². The number of unbranched alkanes of at least 4 members (excludes halogenated alkanes) is 1. The summed E-state index contributed by atoms with van der Waals surface area (Å²) in [6.45, 7) is 8.71. The van der Waals surface area contributed by atoms with E-state index in [1.165, 1.54) is 24.3 Å². The summed E-state index contributed by atoms with van der Waals surface area (Å²) in [6, 6.07) is 8.65. The molecule has 0 aliphatic carbocycles. The number of hydrogen-bond acceptors (Lipinski definition) is 10. The number of nitro benzene ring substituents is 1. The number of amides is 5. The topological polar surface area (TPSA) is 230 Å². The van der Waals surface area contributed by atoms with Gasteiger partial charge in [0.15, 0.2) is 0 Å². The second-order valence-electron chi connectivity index (χ2n) is 11.8. The number of rotatable bonds is 15. The summed E-state index contributed by atoms with van der Waals surface area (Å²) in [6.07, 6.45) is -0.613. The highest BCUT2D eigenvalue weighted by Gasteiger charge is 2.30. The molecular weight excluding hydrogens is 616 g/mol. The molecule has 0 heterocycles. The third-order valence-corrected chi connectivity index (χ3v) is 6.30. The van der Waals surface area contributed by atoms with Crippen molar-refractivity contribution in [3.05, 3.63) is 64.2 Å². The molecule has 16 heteroatoms. The van der Waals surface area contributed by atoms with E-state index in [0.29, 0.717) is 24.1 Å². The van der Waals surface area contributed by atoms with Gasteiger partial charge >= 0.3 is 18.3 Å². The number of urea groups is 1. The maximum absolute atomic E-state index is 13.3. The normalized spacial score (nSPS) is 12.2. The molecule has 0 saturated carbocycles. The van der Waals surface area contributed by atoms with Gasteiger partial charge in [0.2, 0.25) is 11.8 Å². The molecule has 5 amide bonds. The first-order chi connectivity index (χ1) is 22.0. The third-order valence-electron chi connectivity index (χ3n) is 6.30. The van der Waals surface area contributed by atoms with Crippen molar-refractivity contribution in [3.8, 4) is 5.75 Å². The Morgan fingerprint density at radius 1 is 0.915 bits per heavy atom. The van der Waals surface area contributed by atoms with E-state index in [0.717, 1.165) is 0 Å². The van der Waals surface area contributed by atoms with Crippen molar-refractivity contribution in [2.45, 2.75) is 78.2 Å². The van der Waals surface area contributed by atoms with Crippen LogP contribution < -0.4 is 31.7 Å². The summed E-state index contributed by atoms with van der Waals surface area (Å²) >= 11 is 0. The minimum Gasteiger partial charge on any atom is -0.444 e. The van der Waals surface area contributed by atoms with Crippen LogP contribution in [0.25, 0.3) is 0 Å². The van der Waals surface area contributed by atoms with Crippen molar-refractivity contribution in [2.75, 3.05) is 11.9 Å². The first kappa shape index (κ1) is 37.8. The lowest BCUT2D eigenvalue weighted by atomic mass is 10.0. The molecule has 6 N–H and O–H groups in total. The summed E-state index contributed by atoms with van der Waals surface area (Å²) in [5.74, 6) is -1.34. The van der Waals surface area contributed by atoms with Gasteiger partial charge in [-0.25, -0.2) is 14.4 Å². The van der Waals surface area contributed by atoms with Gasteiger partial charge in [-0.05, 0) is 75.8 Å².